The minimum atomic E-state index is -0.806. The number of Topliss-reactive ketones (excluding diaryl/α,β-unsaturated/α-hetero) is 1. The van der Waals surface area contributed by atoms with E-state index < -0.39 is 17.7 Å². The Morgan fingerprint density at radius 2 is 1.48 bits per heavy atom. The number of aliphatic hydroxyl groups is 1. The Balaban J connectivity index is 1.94. The Kier molecular flexibility index (Phi) is 5.45. The molecule has 0 radical (unpaired) electrons. The van der Waals surface area contributed by atoms with E-state index in [2.05, 4.69) is 0 Å². The first-order chi connectivity index (χ1) is 15.1. The molecule has 1 aliphatic heterocycles. The van der Waals surface area contributed by atoms with E-state index in [0.29, 0.717) is 28.3 Å². The Hall–Kier alpha value is -4.06. The monoisotopic (exact) mass is 415 g/mol. The molecule has 1 saturated heterocycles. The van der Waals surface area contributed by atoms with Crippen molar-refractivity contribution in [2.24, 2.45) is 0 Å². The topological polar surface area (TPSA) is 76.1 Å². The van der Waals surface area contributed by atoms with Crippen LogP contribution in [-0.2, 0) is 9.59 Å². The summed E-state index contributed by atoms with van der Waals surface area (Å²) in [5.74, 6) is -0.658. The maximum Gasteiger partial charge on any atom is 0.300 e. The van der Waals surface area contributed by atoms with Crippen molar-refractivity contribution in [1.29, 1.82) is 0 Å². The summed E-state index contributed by atoms with van der Waals surface area (Å²) in [6, 6.07) is 22.0. The number of aliphatic hydroxyl groups excluding tert-OH is 1. The van der Waals surface area contributed by atoms with E-state index in [0.717, 1.165) is 0 Å². The number of rotatable bonds is 5. The highest BCUT2D eigenvalue weighted by Gasteiger charge is 2.47. The van der Waals surface area contributed by atoms with Gasteiger partial charge in [0, 0.05) is 5.56 Å². The van der Waals surface area contributed by atoms with Crippen LogP contribution in [0.15, 0.2) is 84.4 Å². The van der Waals surface area contributed by atoms with Gasteiger partial charge in [0.05, 0.1) is 31.5 Å². The molecular weight excluding hydrogens is 394 g/mol. The number of anilines is 1. The number of ketones is 1. The second-order valence-corrected chi connectivity index (χ2v) is 6.98. The fraction of sp³-hybridized carbons (Fsp3) is 0.120. The Morgan fingerprint density at radius 1 is 0.839 bits per heavy atom. The van der Waals surface area contributed by atoms with Gasteiger partial charge in [-0.3, -0.25) is 14.5 Å². The highest BCUT2D eigenvalue weighted by molar-refractivity contribution is 6.51. The smallest absolute Gasteiger partial charge is 0.300 e. The predicted molar refractivity (Wildman–Crippen MR) is 117 cm³/mol. The van der Waals surface area contributed by atoms with Gasteiger partial charge in [-0.2, -0.15) is 0 Å². The lowest BCUT2D eigenvalue weighted by Crippen LogP contribution is -2.29. The van der Waals surface area contributed by atoms with Crippen molar-refractivity contribution in [1.82, 2.24) is 0 Å². The zero-order valence-electron chi connectivity index (χ0n) is 17.1. The largest absolute Gasteiger partial charge is 0.507 e. The second kappa shape index (κ2) is 8.36. The van der Waals surface area contributed by atoms with Gasteiger partial charge in [-0.1, -0.05) is 42.5 Å². The number of amides is 1. The highest BCUT2D eigenvalue weighted by atomic mass is 16.5. The second-order valence-electron chi connectivity index (χ2n) is 6.98. The standard InChI is InChI=1S/C25H21NO5/c1-30-18-14-12-17(13-15-18)23(27)21-22(16-8-4-3-5-9-16)26(25(29)24(21)28)19-10-6-7-11-20(19)31-2/h3-15,22,27H,1-2H3/b23-21+. The summed E-state index contributed by atoms with van der Waals surface area (Å²) in [5, 5.41) is 11.1. The normalized spacial score (nSPS) is 17.6. The number of para-hydroxylation sites is 2. The van der Waals surface area contributed by atoms with Gasteiger partial charge in [0.15, 0.2) is 0 Å². The van der Waals surface area contributed by atoms with E-state index in [-0.39, 0.29) is 11.3 Å². The molecule has 3 aromatic carbocycles. The van der Waals surface area contributed by atoms with Crippen LogP contribution >= 0.6 is 0 Å². The Morgan fingerprint density at radius 3 is 2.13 bits per heavy atom. The average molecular weight is 415 g/mol. The summed E-state index contributed by atoms with van der Waals surface area (Å²) in [7, 11) is 3.05. The Bertz CT molecular complexity index is 1150. The number of hydrogen-bond acceptors (Lipinski definition) is 5. The molecule has 0 aliphatic carbocycles. The quantitative estimate of drug-likeness (QED) is 0.381. The molecule has 0 saturated carbocycles. The van der Waals surface area contributed by atoms with E-state index in [1.54, 1.807) is 55.6 Å². The number of ether oxygens (including phenoxy) is 2. The van der Waals surface area contributed by atoms with Crippen molar-refractivity contribution in [3.63, 3.8) is 0 Å². The third kappa shape index (κ3) is 3.53. The van der Waals surface area contributed by atoms with Crippen LogP contribution in [-0.4, -0.2) is 31.0 Å². The van der Waals surface area contributed by atoms with Crippen molar-refractivity contribution in [2.45, 2.75) is 6.04 Å². The van der Waals surface area contributed by atoms with E-state index in [1.165, 1.54) is 12.0 Å². The number of nitrogens with zero attached hydrogens (tertiary/aromatic N) is 1. The van der Waals surface area contributed by atoms with Crippen LogP contribution < -0.4 is 14.4 Å². The molecule has 0 bridgehead atoms. The summed E-state index contributed by atoms with van der Waals surface area (Å²) in [6.07, 6.45) is 0. The third-order valence-electron chi connectivity index (χ3n) is 5.27. The molecule has 0 spiro atoms. The van der Waals surface area contributed by atoms with Gasteiger partial charge in [-0.05, 0) is 42.0 Å². The first-order valence-corrected chi connectivity index (χ1v) is 9.70. The molecule has 156 valence electrons. The molecule has 0 aromatic heterocycles. The predicted octanol–water partition coefficient (Wildman–Crippen LogP) is 4.33. The summed E-state index contributed by atoms with van der Waals surface area (Å²) in [6.45, 7) is 0. The molecule has 1 fully saturated rings. The molecule has 6 nitrogen and oxygen atoms in total. The number of hydrogen-bond donors (Lipinski definition) is 1. The van der Waals surface area contributed by atoms with Crippen molar-refractivity contribution < 1.29 is 24.2 Å². The number of benzene rings is 3. The molecule has 1 N–H and O–H groups in total. The minimum absolute atomic E-state index is 0.0206. The molecule has 31 heavy (non-hydrogen) atoms. The molecule has 1 amide bonds. The highest BCUT2D eigenvalue weighted by Crippen LogP contribution is 2.44. The number of carbonyl (C=O) groups excluding carboxylic acids is 2. The van der Waals surface area contributed by atoms with Gasteiger partial charge < -0.3 is 14.6 Å². The first-order valence-electron chi connectivity index (χ1n) is 9.70. The van der Waals surface area contributed by atoms with Gasteiger partial charge in [0.25, 0.3) is 11.7 Å². The van der Waals surface area contributed by atoms with Crippen LogP contribution in [0.3, 0.4) is 0 Å². The van der Waals surface area contributed by atoms with E-state index in [1.807, 2.05) is 30.3 Å². The van der Waals surface area contributed by atoms with E-state index in [9.17, 15) is 14.7 Å². The summed E-state index contributed by atoms with van der Waals surface area (Å²) >= 11 is 0. The van der Waals surface area contributed by atoms with Crippen molar-refractivity contribution >= 4 is 23.1 Å². The summed E-state index contributed by atoms with van der Waals surface area (Å²) < 4.78 is 10.6. The average Bonchev–Trinajstić information content (AvgIpc) is 3.09. The first kappa shape index (κ1) is 20.2. The zero-order chi connectivity index (χ0) is 22.0. The number of methoxy groups -OCH3 is 2. The SMILES string of the molecule is COc1ccc(/C(O)=C2\C(=O)C(=O)N(c3ccccc3OC)C2c2ccccc2)cc1. The lowest BCUT2D eigenvalue weighted by Gasteiger charge is -2.26. The fourth-order valence-corrected chi connectivity index (χ4v) is 3.76. The molecular formula is C25H21NO5. The molecule has 1 atom stereocenters. The molecule has 1 unspecified atom stereocenters. The van der Waals surface area contributed by atoms with Gasteiger partial charge in [0.1, 0.15) is 17.3 Å². The molecule has 6 heteroatoms. The lowest BCUT2D eigenvalue weighted by molar-refractivity contribution is -0.132. The van der Waals surface area contributed by atoms with Crippen LogP contribution in [0.5, 0.6) is 11.5 Å². The van der Waals surface area contributed by atoms with Gasteiger partial charge in [-0.15, -0.1) is 0 Å². The Labute approximate surface area is 180 Å². The van der Waals surface area contributed by atoms with Crippen molar-refractivity contribution in [3.8, 4) is 11.5 Å². The van der Waals surface area contributed by atoms with Gasteiger partial charge >= 0.3 is 0 Å². The van der Waals surface area contributed by atoms with Crippen LogP contribution in [0.1, 0.15) is 17.2 Å². The lowest BCUT2D eigenvalue weighted by atomic mass is 9.95. The maximum absolute atomic E-state index is 13.2. The van der Waals surface area contributed by atoms with Crippen molar-refractivity contribution in [2.75, 3.05) is 19.1 Å². The van der Waals surface area contributed by atoms with E-state index in [4.69, 9.17) is 9.47 Å². The summed E-state index contributed by atoms with van der Waals surface area (Å²) in [5.41, 5.74) is 1.59. The van der Waals surface area contributed by atoms with Crippen LogP contribution in [0.25, 0.3) is 5.76 Å². The zero-order valence-corrected chi connectivity index (χ0v) is 17.1. The molecule has 1 aliphatic rings. The minimum Gasteiger partial charge on any atom is -0.507 e. The number of carbonyl (C=O) groups is 2. The molecule has 4 rings (SSSR count). The fourth-order valence-electron chi connectivity index (χ4n) is 3.76. The van der Waals surface area contributed by atoms with E-state index >= 15 is 0 Å². The van der Waals surface area contributed by atoms with Crippen LogP contribution in [0.4, 0.5) is 5.69 Å². The molecule has 3 aromatic rings. The maximum atomic E-state index is 13.2. The van der Waals surface area contributed by atoms with Crippen LogP contribution in [0.2, 0.25) is 0 Å². The third-order valence-corrected chi connectivity index (χ3v) is 5.27. The van der Waals surface area contributed by atoms with Crippen molar-refractivity contribution in [3.05, 3.63) is 95.6 Å². The molecule has 1 heterocycles. The van der Waals surface area contributed by atoms with Gasteiger partial charge in [-0.25, -0.2) is 0 Å². The van der Waals surface area contributed by atoms with Crippen LogP contribution in [0, 0.1) is 0 Å². The summed E-state index contributed by atoms with van der Waals surface area (Å²) in [4.78, 5) is 27.7. The van der Waals surface area contributed by atoms with Gasteiger partial charge in [0.2, 0.25) is 0 Å².